The van der Waals surface area contributed by atoms with Crippen LogP contribution in [0.2, 0.25) is 0 Å². The topological polar surface area (TPSA) is 66.5 Å². The number of piperidine rings is 1. The summed E-state index contributed by atoms with van der Waals surface area (Å²) in [5, 5.41) is 2.62. The number of benzene rings is 2. The number of halogens is 1. The molecule has 2 aromatic carbocycles. The first-order valence-corrected chi connectivity index (χ1v) is 10.4. The molecule has 0 bridgehead atoms. The lowest BCUT2D eigenvalue weighted by Crippen LogP contribution is -2.41. The van der Waals surface area contributed by atoms with Crippen molar-refractivity contribution in [2.75, 3.05) is 11.9 Å². The molecule has 1 unspecified atom stereocenters. The molecule has 7 heteroatoms. The van der Waals surface area contributed by atoms with E-state index in [1.165, 1.54) is 34.6 Å². The molecule has 27 heavy (non-hydrogen) atoms. The van der Waals surface area contributed by atoms with E-state index < -0.39 is 21.7 Å². The van der Waals surface area contributed by atoms with Crippen LogP contribution < -0.4 is 5.32 Å². The van der Waals surface area contributed by atoms with Crippen LogP contribution in [0, 0.1) is 12.7 Å². The summed E-state index contributed by atoms with van der Waals surface area (Å²) in [4.78, 5) is 12.5. The van der Waals surface area contributed by atoms with Gasteiger partial charge < -0.3 is 5.32 Å². The van der Waals surface area contributed by atoms with Gasteiger partial charge in [-0.05, 0) is 68.7 Å². The molecule has 144 valence electrons. The van der Waals surface area contributed by atoms with E-state index >= 15 is 0 Å². The fourth-order valence-electron chi connectivity index (χ4n) is 3.22. The zero-order valence-electron chi connectivity index (χ0n) is 15.4. The largest absolute Gasteiger partial charge is 0.322 e. The predicted molar refractivity (Wildman–Crippen MR) is 103 cm³/mol. The lowest BCUT2D eigenvalue weighted by atomic mass is 10.1. The number of rotatable bonds is 4. The summed E-state index contributed by atoms with van der Waals surface area (Å²) in [5.41, 5.74) is 1.15. The van der Waals surface area contributed by atoms with Crippen molar-refractivity contribution in [3.63, 3.8) is 0 Å². The van der Waals surface area contributed by atoms with Gasteiger partial charge in [-0.1, -0.05) is 12.5 Å². The number of sulfonamides is 1. The van der Waals surface area contributed by atoms with Gasteiger partial charge in [0.15, 0.2) is 0 Å². The Morgan fingerprint density at radius 3 is 2.48 bits per heavy atom. The third kappa shape index (κ3) is 4.20. The number of hydrogen-bond acceptors (Lipinski definition) is 3. The molecule has 0 aliphatic carbocycles. The maximum atomic E-state index is 13.6. The molecule has 2 aromatic rings. The third-order valence-electron chi connectivity index (χ3n) is 4.89. The average molecular weight is 390 g/mol. The summed E-state index contributed by atoms with van der Waals surface area (Å²) in [7, 11) is -3.57. The minimum Gasteiger partial charge on any atom is -0.322 e. The van der Waals surface area contributed by atoms with E-state index in [2.05, 4.69) is 5.32 Å². The van der Waals surface area contributed by atoms with E-state index in [1.54, 1.807) is 19.1 Å². The molecule has 1 fully saturated rings. The number of hydrogen-bond donors (Lipinski definition) is 1. The standard InChI is InChI=1S/C20H23FN2O3S/c1-14-6-9-17(13-19(14)21)22-20(24)16-7-10-18(11-8-16)27(25,26)23-12-4-3-5-15(23)2/h6-11,13,15H,3-5,12H2,1-2H3,(H,22,24). The third-order valence-corrected chi connectivity index (χ3v) is 6.92. The molecule has 1 aliphatic rings. The predicted octanol–water partition coefficient (Wildman–Crippen LogP) is 3.95. The summed E-state index contributed by atoms with van der Waals surface area (Å²) < 4.78 is 40.8. The van der Waals surface area contributed by atoms with Gasteiger partial charge >= 0.3 is 0 Å². The Balaban J connectivity index is 1.76. The maximum absolute atomic E-state index is 13.6. The smallest absolute Gasteiger partial charge is 0.255 e. The van der Waals surface area contributed by atoms with Crippen LogP contribution in [0.25, 0.3) is 0 Å². The first-order valence-electron chi connectivity index (χ1n) is 8.98. The number of carbonyl (C=O) groups excluding carboxylic acids is 1. The minimum atomic E-state index is -3.57. The molecule has 0 spiro atoms. The molecule has 3 rings (SSSR count). The van der Waals surface area contributed by atoms with Crippen LogP contribution in [0.5, 0.6) is 0 Å². The average Bonchev–Trinajstić information content (AvgIpc) is 2.65. The molecule has 1 amide bonds. The van der Waals surface area contributed by atoms with Gasteiger partial charge in [0.05, 0.1) is 4.90 Å². The van der Waals surface area contributed by atoms with E-state index in [1.807, 2.05) is 6.92 Å². The summed E-state index contributed by atoms with van der Waals surface area (Å²) >= 11 is 0. The van der Waals surface area contributed by atoms with Crippen LogP contribution in [-0.2, 0) is 10.0 Å². The van der Waals surface area contributed by atoms with Crippen molar-refractivity contribution in [2.24, 2.45) is 0 Å². The van der Waals surface area contributed by atoms with Gasteiger partial charge in [-0.3, -0.25) is 4.79 Å². The van der Waals surface area contributed by atoms with Gasteiger partial charge in [0.25, 0.3) is 5.91 Å². The van der Waals surface area contributed by atoms with Crippen molar-refractivity contribution >= 4 is 21.6 Å². The Bertz CT molecular complexity index is 942. The Morgan fingerprint density at radius 2 is 1.85 bits per heavy atom. The monoisotopic (exact) mass is 390 g/mol. The highest BCUT2D eigenvalue weighted by molar-refractivity contribution is 7.89. The molecular weight excluding hydrogens is 367 g/mol. The number of nitrogens with zero attached hydrogens (tertiary/aromatic N) is 1. The highest BCUT2D eigenvalue weighted by atomic mass is 32.2. The van der Waals surface area contributed by atoms with Crippen molar-refractivity contribution in [3.8, 4) is 0 Å². The normalized spacial score (nSPS) is 18.3. The molecule has 0 aromatic heterocycles. The van der Waals surface area contributed by atoms with Gasteiger partial charge in [0, 0.05) is 23.8 Å². The molecule has 0 radical (unpaired) electrons. The van der Waals surface area contributed by atoms with Gasteiger partial charge in [-0.2, -0.15) is 4.31 Å². The van der Waals surface area contributed by atoms with Gasteiger partial charge in [-0.25, -0.2) is 12.8 Å². The summed E-state index contributed by atoms with van der Waals surface area (Å²) in [6, 6.07) is 10.3. The number of aryl methyl sites for hydroxylation is 1. The molecule has 1 atom stereocenters. The fraction of sp³-hybridized carbons (Fsp3) is 0.350. The number of nitrogens with one attached hydrogen (secondary N) is 1. The molecule has 1 aliphatic heterocycles. The van der Waals surface area contributed by atoms with E-state index in [4.69, 9.17) is 0 Å². The number of amides is 1. The Hall–Kier alpha value is -2.25. The lowest BCUT2D eigenvalue weighted by molar-refractivity contribution is 0.102. The molecule has 0 saturated carbocycles. The quantitative estimate of drug-likeness (QED) is 0.860. The van der Waals surface area contributed by atoms with Crippen LogP contribution in [0.15, 0.2) is 47.4 Å². The molecule has 1 heterocycles. The fourth-order valence-corrected chi connectivity index (χ4v) is 4.92. The summed E-state index contributed by atoms with van der Waals surface area (Å²) in [6.45, 7) is 4.08. The molecule has 5 nitrogen and oxygen atoms in total. The Morgan fingerprint density at radius 1 is 1.15 bits per heavy atom. The van der Waals surface area contributed by atoms with Gasteiger partial charge in [-0.15, -0.1) is 0 Å². The van der Waals surface area contributed by atoms with E-state index in [9.17, 15) is 17.6 Å². The van der Waals surface area contributed by atoms with E-state index in [0.717, 1.165) is 19.3 Å². The SMILES string of the molecule is Cc1ccc(NC(=O)c2ccc(S(=O)(=O)N3CCCCC3C)cc2)cc1F. The molecular formula is C20H23FN2O3S. The van der Waals surface area contributed by atoms with Crippen molar-refractivity contribution in [1.82, 2.24) is 4.31 Å². The number of carbonyl (C=O) groups is 1. The van der Waals surface area contributed by atoms with E-state index in [0.29, 0.717) is 23.4 Å². The van der Waals surface area contributed by atoms with Crippen molar-refractivity contribution in [2.45, 2.75) is 44.0 Å². The second-order valence-electron chi connectivity index (χ2n) is 6.90. The number of anilines is 1. The second kappa shape index (κ2) is 7.78. The van der Waals surface area contributed by atoms with E-state index in [-0.39, 0.29) is 10.9 Å². The summed E-state index contributed by atoms with van der Waals surface area (Å²) in [6.07, 6.45) is 2.75. The maximum Gasteiger partial charge on any atom is 0.255 e. The van der Waals surface area contributed by atoms with Crippen LogP contribution in [0.3, 0.4) is 0 Å². The van der Waals surface area contributed by atoms with Crippen molar-refractivity contribution in [3.05, 3.63) is 59.4 Å². The molecule has 1 N–H and O–H groups in total. The first-order chi connectivity index (χ1) is 12.8. The first kappa shape index (κ1) is 19.5. The highest BCUT2D eigenvalue weighted by Gasteiger charge is 2.30. The van der Waals surface area contributed by atoms with Crippen molar-refractivity contribution < 1.29 is 17.6 Å². The second-order valence-corrected chi connectivity index (χ2v) is 8.79. The van der Waals surface area contributed by atoms with Crippen LogP contribution in [0.4, 0.5) is 10.1 Å². The van der Waals surface area contributed by atoms with Crippen LogP contribution in [0.1, 0.15) is 42.1 Å². The van der Waals surface area contributed by atoms with Gasteiger partial charge in [0.1, 0.15) is 5.82 Å². The lowest BCUT2D eigenvalue weighted by Gasteiger charge is -2.32. The summed E-state index contributed by atoms with van der Waals surface area (Å²) in [5.74, 6) is -0.821. The minimum absolute atomic E-state index is 0.0249. The van der Waals surface area contributed by atoms with Crippen molar-refractivity contribution in [1.29, 1.82) is 0 Å². The highest BCUT2D eigenvalue weighted by Crippen LogP contribution is 2.25. The van der Waals surface area contributed by atoms with Gasteiger partial charge in [0.2, 0.25) is 10.0 Å². The Kier molecular flexibility index (Phi) is 5.62. The van der Waals surface area contributed by atoms with Crippen LogP contribution in [-0.4, -0.2) is 31.2 Å². The zero-order chi connectivity index (χ0) is 19.6. The molecule has 1 saturated heterocycles. The zero-order valence-corrected chi connectivity index (χ0v) is 16.2. The van der Waals surface area contributed by atoms with Crippen LogP contribution >= 0.6 is 0 Å². The Labute approximate surface area is 159 Å².